The molecule has 1 aromatic rings. The first-order valence-electron chi connectivity index (χ1n) is 6.93. The molecule has 0 amide bonds. The Kier molecular flexibility index (Phi) is 2.96. The Morgan fingerprint density at radius 3 is 2.89 bits per heavy atom. The van der Waals surface area contributed by atoms with Crippen LogP contribution in [0.2, 0.25) is 0 Å². The summed E-state index contributed by atoms with van der Waals surface area (Å²) in [6.45, 7) is 3.97. The number of pyridine rings is 1. The molecule has 0 atom stereocenters. The van der Waals surface area contributed by atoms with Gasteiger partial charge in [0, 0.05) is 19.3 Å². The normalized spacial score (nSPS) is 20.4. The van der Waals surface area contributed by atoms with E-state index in [0.717, 1.165) is 24.5 Å². The van der Waals surface area contributed by atoms with Crippen LogP contribution >= 0.6 is 0 Å². The summed E-state index contributed by atoms with van der Waals surface area (Å²) in [6.07, 6.45) is 6.99. The fraction of sp³-hybridized carbons (Fsp3) is 0.600. The first-order chi connectivity index (χ1) is 9.13. The lowest BCUT2D eigenvalue weighted by Crippen LogP contribution is -2.38. The zero-order valence-electron chi connectivity index (χ0n) is 11.6. The van der Waals surface area contributed by atoms with Crippen molar-refractivity contribution in [3.05, 3.63) is 23.4 Å². The molecule has 2 heterocycles. The van der Waals surface area contributed by atoms with E-state index in [1.807, 2.05) is 19.2 Å². The minimum absolute atomic E-state index is 0.290. The van der Waals surface area contributed by atoms with Crippen LogP contribution in [-0.4, -0.2) is 31.2 Å². The van der Waals surface area contributed by atoms with E-state index < -0.39 is 0 Å². The lowest BCUT2D eigenvalue weighted by atomic mass is 9.95. The van der Waals surface area contributed by atoms with Gasteiger partial charge in [-0.25, -0.2) is 9.78 Å². The molecule has 3 rings (SSSR count). The summed E-state index contributed by atoms with van der Waals surface area (Å²) in [7, 11) is 1.42. The quantitative estimate of drug-likeness (QED) is 0.766. The van der Waals surface area contributed by atoms with Crippen LogP contribution < -0.4 is 4.90 Å². The summed E-state index contributed by atoms with van der Waals surface area (Å²) >= 11 is 0. The van der Waals surface area contributed by atoms with Gasteiger partial charge in [0.1, 0.15) is 11.4 Å². The van der Waals surface area contributed by atoms with Gasteiger partial charge >= 0.3 is 5.97 Å². The number of ether oxygens (including phenoxy) is 1. The summed E-state index contributed by atoms with van der Waals surface area (Å²) in [5, 5.41) is 0. The topological polar surface area (TPSA) is 42.4 Å². The molecular weight excluding hydrogens is 240 g/mol. The summed E-state index contributed by atoms with van der Waals surface area (Å²) in [5.41, 5.74) is 2.10. The molecule has 1 saturated heterocycles. The van der Waals surface area contributed by atoms with Gasteiger partial charge in [-0.05, 0) is 49.7 Å². The van der Waals surface area contributed by atoms with E-state index >= 15 is 0 Å². The van der Waals surface area contributed by atoms with Crippen molar-refractivity contribution in [3.63, 3.8) is 0 Å². The van der Waals surface area contributed by atoms with Crippen molar-refractivity contribution < 1.29 is 9.53 Å². The third kappa shape index (κ3) is 2.31. The second kappa shape index (κ2) is 4.51. The van der Waals surface area contributed by atoms with Gasteiger partial charge in [-0.1, -0.05) is 0 Å². The molecule has 4 heteroatoms. The van der Waals surface area contributed by atoms with Crippen molar-refractivity contribution in [1.29, 1.82) is 0 Å². The Balaban J connectivity index is 1.92. The van der Waals surface area contributed by atoms with Crippen molar-refractivity contribution in [2.45, 2.75) is 32.6 Å². The van der Waals surface area contributed by atoms with Gasteiger partial charge in [0.05, 0.1) is 7.11 Å². The number of methoxy groups -OCH3 is 1. The maximum absolute atomic E-state index is 11.9. The monoisotopic (exact) mass is 260 g/mol. The van der Waals surface area contributed by atoms with E-state index in [-0.39, 0.29) is 5.97 Å². The molecule has 0 aromatic carbocycles. The van der Waals surface area contributed by atoms with E-state index in [2.05, 4.69) is 9.88 Å². The third-order valence-corrected chi connectivity index (χ3v) is 4.33. The van der Waals surface area contributed by atoms with Gasteiger partial charge in [-0.3, -0.25) is 0 Å². The van der Waals surface area contributed by atoms with E-state index in [9.17, 15) is 4.79 Å². The number of carbonyl (C=O) groups excluding carboxylic acids is 1. The molecule has 1 aliphatic carbocycles. The average Bonchev–Trinajstić information content (AvgIpc) is 3.16. The number of hydrogen-bond donors (Lipinski definition) is 0. The second-order valence-electron chi connectivity index (χ2n) is 5.90. The molecule has 0 N–H and O–H groups in total. The van der Waals surface area contributed by atoms with Crippen LogP contribution in [0.25, 0.3) is 0 Å². The Hall–Kier alpha value is -1.58. The molecule has 0 bridgehead atoms. The summed E-state index contributed by atoms with van der Waals surface area (Å²) in [4.78, 5) is 18.7. The van der Waals surface area contributed by atoms with E-state index in [1.54, 1.807) is 0 Å². The van der Waals surface area contributed by atoms with Crippen molar-refractivity contribution in [3.8, 4) is 0 Å². The van der Waals surface area contributed by atoms with Crippen LogP contribution in [0.1, 0.15) is 41.6 Å². The van der Waals surface area contributed by atoms with Crippen molar-refractivity contribution >= 4 is 11.8 Å². The predicted molar refractivity (Wildman–Crippen MR) is 73.4 cm³/mol. The standard InChI is InChI=1S/C15H20N2O2/c1-11-8-12(14(18)19-2)13(16-9-11)17-7-3-4-15(10-17)5-6-15/h8-9H,3-7,10H2,1-2H3. The van der Waals surface area contributed by atoms with Crippen LogP contribution in [0.3, 0.4) is 0 Å². The molecule has 102 valence electrons. The number of rotatable bonds is 2. The molecule has 2 fully saturated rings. The minimum Gasteiger partial charge on any atom is -0.465 e. The van der Waals surface area contributed by atoms with Crippen LogP contribution in [0.5, 0.6) is 0 Å². The molecule has 1 aliphatic heterocycles. The molecule has 2 aliphatic rings. The van der Waals surface area contributed by atoms with Crippen LogP contribution in [0, 0.1) is 12.3 Å². The Morgan fingerprint density at radius 2 is 2.21 bits per heavy atom. The van der Waals surface area contributed by atoms with Crippen LogP contribution in [-0.2, 0) is 4.74 Å². The number of aromatic nitrogens is 1. The van der Waals surface area contributed by atoms with Gasteiger partial charge < -0.3 is 9.64 Å². The molecule has 4 nitrogen and oxygen atoms in total. The van der Waals surface area contributed by atoms with E-state index in [0.29, 0.717) is 11.0 Å². The van der Waals surface area contributed by atoms with Gasteiger partial charge in [-0.15, -0.1) is 0 Å². The molecule has 0 unspecified atom stereocenters. The first kappa shape index (κ1) is 12.5. The molecule has 1 saturated carbocycles. The predicted octanol–water partition coefficient (Wildman–Crippen LogP) is 2.56. The Bertz CT molecular complexity index is 509. The Morgan fingerprint density at radius 1 is 1.42 bits per heavy atom. The first-order valence-corrected chi connectivity index (χ1v) is 6.93. The summed E-state index contributed by atoms with van der Waals surface area (Å²) < 4.78 is 4.88. The molecule has 1 spiro atoms. The number of anilines is 1. The van der Waals surface area contributed by atoms with Crippen molar-refractivity contribution in [2.75, 3.05) is 25.1 Å². The number of piperidine rings is 1. The second-order valence-corrected chi connectivity index (χ2v) is 5.90. The van der Waals surface area contributed by atoms with E-state index in [4.69, 9.17) is 4.74 Å². The zero-order valence-corrected chi connectivity index (χ0v) is 11.6. The fourth-order valence-corrected chi connectivity index (χ4v) is 3.05. The number of aryl methyl sites for hydroxylation is 1. The third-order valence-electron chi connectivity index (χ3n) is 4.33. The lowest BCUT2D eigenvalue weighted by Gasteiger charge is -2.34. The lowest BCUT2D eigenvalue weighted by molar-refractivity contribution is 0.0600. The van der Waals surface area contributed by atoms with Gasteiger partial charge in [-0.2, -0.15) is 0 Å². The highest BCUT2D eigenvalue weighted by Crippen LogP contribution is 2.52. The molecule has 0 radical (unpaired) electrons. The number of esters is 1. The van der Waals surface area contributed by atoms with Gasteiger partial charge in [0.15, 0.2) is 0 Å². The van der Waals surface area contributed by atoms with Crippen LogP contribution in [0.4, 0.5) is 5.82 Å². The smallest absolute Gasteiger partial charge is 0.341 e. The highest BCUT2D eigenvalue weighted by molar-refractivity contribution is 5.95. The number of hydrogen-bond acceptors (Lipinski definition) is 4. The largest absolute Gasteiger partial charge is 0.465 e. The van der Waals surface area contributed by atoms with Gasteiger partial charge in [0.2, 0.25) is 0 Å². The average molecular weight is 260 g/mol. The minimum atomic E-state index is -0.290. The maximum atomic E-state index is 11.9. The van der Waals surface area contributed by atoms with E-state index in [1.165, 1.54) is 32.8 Å². The fourth-order valence-electron chi connectivity index (χ4n) is 3.05. The zero-order chi connectivity index (χ0) is 13.5. The highest BCUT2D eigenvalue weighted by atomic mass is 16.5. The Labute approximate surface area is 113 Å². The molecular formula is C15H20N2O2. The highest BCUT2D eigenvalue weighted by Gasteiger charge is 2.46. The van der Waals surface area contributed by atoms with Crippen molar-refractivity contribution in [1.82, 2.24) is 4.98 Å². The van der Waals surface area contributed by atoms with Gasteiger partial charge in [0.25, 0.3) is 0 Å². The summed E-state index contributed by atoms with van der Waals surface area (Å²) in [5.74, 6) is 0.505. The SMILES string of the molecule is COC(=O)c1cc(C)cnc1N1CCCC2(CC2)C1. The number of nitrogens with zero attached hydrogens (tertiary/aromatic N) is 2. The van der Waals surface area contributed by atoms with Crippen LogP contribution in [0.15, 0.2) is 12.3 Å². The summed E-state index contributed by atoms with van der Waals surface area (Å²) in [6, 6.07) is 1.88. The number of carbonyl (C=O) groups is 1. The molecule has 19 heavy (non-hydrogen) atoms. The maximum Gasteiger partial charge on any atom is 0.341 e. The van der Waals surface area contributed by atoms with Crippen molar-refractivity contribution in [2.24, 2.45) is 5.41 Å². The molecule has 1 aromatic heterocycles.